The number of benzene rings is 3. The number of unbranched alkanes of at least 4 members (excludes halogenated alkanes) is 15. The minimum atomic E-state index is -0.775. The van der Waals surface area contributed by atoms with Gasteiger partial charge in [-0.1, -0.05) is 141 Å². The molecule has 0 aromatic heterocycles. The highest BCUT2D eigenvalue weighted by Crippen LogP contribution is 2.29. The van der Waals surface area contributed by atoms with Crippen molar-refractivity contribution in [3.63, 3.8) is 0 Å². The number of ether oxygens (including phenoxy) is 3. The molecule has 0 heterocycles. The molecule has 0 atom stereocenters. The van der Waals surface area contributed by atoms with E-state index >= 15 is 0 Å². The Morgan fingerprint density at radius 1 is 0.585 bits per heavy atom. The number of rotatable bonds is 28. The second-order valence-electron chi connectivity index (χ2n) is 13.5. The van der Waals surface area contributed by atoms with Crippen LogP contribution in [0.15, 0.2) is 78.9 Å². The smallest absolute Gasteiger partial charge is 0.336 e. The predicted octanol–water partition coefficient (Wildman–Crippen LogP) is 12.5. The lowest BCUT2D eigenvalue weighted by atomic mass is 10.1. The molecule has 8 heteroatoms. The summed E-state index contributed by atoms with van der Waals surface area (Å²) in [6.07, 6.45) is 27.2. The van der Waals surface area contributed by atoms with Crippen LogP contribution in [0.3, 0.4) is 0 Å². The number of nitro benzene ring substituents is 1. The number of nitrogens with zero attached hydrogens (tertiary/aromatic N) is 1. The second-order valence-corrected chi connectivity index (χ2v) is 13.5. The molecular formula is C45H59NO7. The van der Waals surface area contributed by atoms with Gasteiger partial charge in [0.15, 0.2) is 5.78 Å². The Hall–Kier alpha value is -4.72. The number of hydrogen-bond donors (Lipinski definition) is 0. The fraction of sp³-hybridized carbons (Fsp3) is 0.467. The Labute approximate surface area is 316 Å². The first kappa shape index (κ1) is 42.7. The van der Waals surface area contributed by atoms with Gasteiger partial charge in [0.25, 0.3) is 0 Å². The number of esters is 1. The van der Waals surface area contributed by atoms with Crippen LogP contribution in [0.5, 0.6) is 17.2 Å². The highest BCUT2D eigenvalue weighted by molar-refractivity contribution is 6.07. The SMILES string of the molecule is CCCCCCCCCCCCCCOc1ccc(/C=C/C(=O)Oc2ccc(C(=O)/C=C/c3ccc(OCCCCCCC)cc3)cc2[N+](=O)[O-])cc1. The van der Waals surface area contributed by atoms with E-state index < -0.39 is 22.4 Å². The summed E-state index contributed by atoms with van der Waals surface area (Å²) in [4.78, 5) is 36.5. The van der Waals surface area contributed by atoms with Crippen molar-refractivity contribution in [2.75, 3.05) is 13.2 Å². The van der Waals surface area contributed by atoms with E-state index in [4.69, 9.17) is 14.2 Å². The largest absolute Gasteiger partial charge is 0.494 e. The zero-order valence-electron chi connectivity index (χ0n) is 31.9. The molecule has 0 amide bonds. The van der Waals surface area contributed by atoms with Gasteiger partial charge in [0, 0.05) is 17.7 Å². The van der Waals surface area contributed by atoms with Gasteiger partial charge in [-0.05, 0) is 72.5 Å². The van der Waals surface area contributed by atoms with E-state index in [-0.39, 0.29) is 11.3 Å². The minimum Gasteiger partial charge on any atom is -0.494 e. The maximum absolute atomic E-state index is 12.8. The van der Waals surface area contributed by atoms with Gasteiger partial charge in [-0.15, -0.1) is 0 Å². The standard InChI is InChI=1S/C45H59NO7/c1-3-5-7-9-10-11-12-13-14-15-17-19-35-52-41-29-22-38(23-30-41)25-33-45(48)53-44-32-26-39(36-42(44)46(49)50)43(47)31-24-37-20-27-40(28-21-37)51-34-18-16-8-6-4-2/h20-33,36H,3-19,34-35H2,1-2H3/b31-24+,33-25+. The van der Waals surface area contributed by atoms with Crippen molar-refractivity contribution in [1.29, 1.82) is 0 Å². The molecule has 0 fully saturated rings. The van der Waals surface area contributed by atoms with E-state index in [1.54, 1.807) is 12.2 Å². The Morgan fingerprint density at radius 3 is 1.47 bits per heavy atom. The first-order chi connectivity index (χ1) is 25.9. The van der Waals surface area contributed by atoms with Crippen LogP contribution in [0, 0.1) is 10.1 Å². The van der Waals surface area contributed by atoms with Crippen molar-refractivity contribution >= 4 is 29.6 Å². The molecule has 53 heavy (non-hydrogen) atoms. The molecule has 0 radical (unpaired) electrons. The molecule has 3 aromatic rings. The van der Waals surface area contributed by atoms with Crippen molar-refractivity contribution in [2.24, 2.45) is 0 Å². The first-order valence-electron chi connectivity index (χ1n) is 19.8. The van der Waals surface area contributed by atoms with Gasteiger partial charge < -0.3 is 14.2 Å². The summed E-state index contributed by atoms with van der Waals surface area (Å²) in [5, 5.41) is 11.8. The van der Waals surface area contributed by atoms with Gasteiger partial charge in [-0.25, -0.2) is 4.79 Å². The Morgan fingerprint density at radius 2 is 1.02 bits per heavy atom. The molecule has 0 saturated carbocycles. The van der Waals surface area contributed by atoms with E-state index in [2.05, 4.69) is 13.8 Å². The van der Waals surface area contributed by atoms with Crippen LogP contribution in [0.2, 0.25) is 0 Å². The van der Waals surface area contributed by atoms with Crippen LogP contribution in [0.4, 0.5) is 5.69 Å². The molecule has 0 spiro atoms. The zero-order valence-corrected chi connectivity index (χ0v) is 31.9. The molecule has 0 aliphatic heterocycles. The minimum absolute atomic E-state index is 0.104. The molecule has 0 bridgehead atoms. The monoisotopic (exact) mass is 725 g/mol. The van der Waals surface area contributed by atoms with Crippen LogP contribution in [0.1, 0.15) is 144 Å². The summed E-state index contributed by atoms with van der Waals surface area (Å²) in [6.45, 7) is 5.78. The van der Waals surface area contributed by atoms with Crippen molar-refractivity contribution in [3.8, 4) is 17.2 Å². The van der Waals surface area contributed by atoms with Crippen molar-refractivity contribution in [1.82, 2.24) is 0 Å². The first-order valence-corrected chi connectivity index (χ1v) is 19.8. The van der Waals surface area contributed by atoms with Gasteiger partial charge in [0.1, 0.15) is 11.5 Å². The average Bonchev–Trinajstić information content (AvgIpc) is 3.17. The van der Waals surface area contributed by atoms with E-state index in [0.29, 0.717) is 13.2 Å². The lowest BCUT2D eigenvalue weighted by Crippen LogP contribution is -2.07. The predicted molar refractivity (Wildman–Crippen MR) is 215 cm³/mol. The number of hydrogen-bond acceptors (Lipinski definition) is 7. The van der Waals surface area contributed by atoms with Gasteiger partial charge >= 0.3 is 11.7 Å². The molecule has 0 aliphatic rings. The molecule has 0 aliphatic carbocycles. The van der Waals surface area contributed by atoms with Crippen LogP contribution in [-0.4, -0.2) is 29.9 Å². The van der Waals surface area contributed by atoms with E-state index in [0.717, 1.165) is 48.0 Å². The van der Waals surface area contributed by atoms with Crippen molar-refractivity contribution in [3.05, 3.63) is 106 Å². The van der Waals surface area contributed by atoms with Gasteiger partial charge in [0.2, 0.25) is 5.75 Å². The average molecular weight is 726 g/mol. The molecule has 3 rings (SSSR count). The Bertz CT molecular complexity index is 1560. The molecular weight excluding hydrogens is 666 g/mol. The van der Waals surface area contributed by atoms with Crippen LogP contribution >= 0.6 is 0 Å². The summed E-state index contributed by atoms with van der Waals surface area (Å²) in [5.41, 5.74) is 1.17. The highest BCUT2D eigenvalue weighted by Gasteiger charge is 2.20. The molecule has 0 unspecified atom stereocenters. The number of carbonyl (C=O) groups excluding carboxylic acids is 2. The summed E-state index contributed by atoms with van der Waals surface area (Å²) >= 11 is 0. The molecule has 3 aromatic carbocycles. The van der Waals surface area contributed by atoms with Crippen LogP contribution in [0.25, 0.3) is 12.2 Å². The van der Waals surface area contributed by atoms with Gasteiger partial charge in [-0.3, -0.25) is 14.9 Å². The number of ketones is 1. The topological polar surface area (TPSA) is 105 Å². The van der Waals surface area contributed by atoms with Gasteiger partial charge in [-0.2, -0.15) is 0 Å². The van der Waals surface area contributed by atoms with E-state index in [1.807, 2.05) is 48.5 Å². The fourth-order valence-electron chi connectivity index (χ4n) is 5.85. The number of nitro groups is 1. The van der Waals surface area contributed by atoms with E-state index in [9.17, 15) is 19.7 Å². The fourth-order valence-corrected chi connectivity index (χ4v) is 5.85. The maximum Gasteiger partial charge on any atom is 0.336 e. The molecule has 286 valence electrons. The van der Waals surface area contributed by atoms with Crippen LogP contribution in [-0.2, 0) is 4.79 Å². The van der Waals surface area contributed by atoms with Crippen molar-refractivity contribution in [2.45, 2.75) is 123 Å². The highest BCUT2D eigenvalue weighted by atomic mass is 16.6. The van der Waals surface area contributed by atoms with Gasteiger partial charge in [0.05, 0.1) is 18.1 Å². The number of carbonyl (C=O) groups is 2. The third-order valence-electron chi connectivity index (χ3n) is 9.03. The summed E-state index contributed by atoms with van der Waals surface area (Å²) in [5.74, 6) is 0.0949. The summed E-state index contributed by atoms with van der Waals surface area (Å²) in [7, 11) is 0. The lowest BCUT2D eigenvalue weighted by Gasteiger charge is -2.07. The molecule has 0 N–H and O–H groups in total. The van der Waals surface area contributed by atoms with Crippen molar-refractivity contribution < 1.29 is 28.7 Å². The summed E-state index contributed by atoms with van der Waals surface area (Å²) in [6, 6.07) is 18.5. The Kier molecular flexibility index (Phi) is 21.0. The molecule has 0 saturated heterocycles. The maximum atomic E-state index is 12.8. The quantitative estimate of drug-likeness (QED) is 0.0139. The normalized spacial score (nSPS) is 11.3. The third kappa shape index (κ3) is 18.1. The third-order valence-corrected chi connectivity index (χ3v) is 9.03. The number of allylic oxidation sites excluding steroid dienone is 1. The summed E-state index contributed by atoms with van der Waals surface area (Å²) < 4.78 is 16.9. The second kappa shape index (κ2) is 26.1. The molecule has 8 nitrogen and oxygen atoms in total. The van der Waals surface area contributed by atoms with Crippen LogP contribution < -0.4 is 14.2 Å². The zero-order chi connectivity index (χ0) is 37.9. The lowest BCUT2D eigenvalue weighted by molar-refractivity contribution is -0.385. The van der Waals surface area contributed by atoms with E-state index in [1.165, 1.54) is 114 Å². The Balaban J connectivity index is 1.39.